The summed E-state index contributed by atoms with van der Waals surface area (Å²) in [7, 11) is 2.02. The summed E-state index contributed by atoms with van der Waals surface area (Å²) in [5.41, 5.74) is 7.68. The third kappa shape index (κ3) is 2.87. The normalized spacial score (nSPS) is 11.7. The summed E-state index contributed by atoms with van der Waals surface area (Å²) >= 11 is 0. The fourth-order valence-corrected chi connectivity index (χ4v) is 4.38. The van der Waals surface area contributed by atoms with Crippen molar-refractivity contribution >= 4 is 22.1 Å². The maximum Gasteiger partial charge on any atom is 0.155 e. The van der Waals surface area contributed by atoms with Crippen LogP contribution < -0.4 is 0 Å². The molecule has 34 heavy (non-hydrogen) atoms. The van der Waals surface area contributed by atoms with Crippen molar-refractivity contribution < 1.29 is 0 Å². The highest BCUT2D eigenvalue weighted by atomic mass is 15.1. The Labute approximate surface area is 193 Å². The minimum atomic E-state index is 0.802. The van der Waals surface area contributed by atoms with Crippen LogP contribution in [0.3, 0.4) is 0 Å². The molecule has 0 saturated carbocycles. The SMILES string of the molecule is Cn1c(-c2nc3cc(-c4ncc[nH]4)ccc3[nH]2)ccc1-c1nc2cc(-c3ncc[nH]3)ccc2[nH]1. The van der Waals surface area contributed by atoms with E-state index < -0.39 is 0 Å². The summed E-state index contributed by atoms with van der Waals surface area (Å²) in [6, 6.07) is 16.3. The summed E-state index contributed by atoms with van der Waals surface area (Å²) < 4.78 is 2.09. The van der Waals surface area contributed by atoms with Crippen LogP contribution in [-0.4, -0.2) is 44.4 Å². The van der Waals surface area contributed by atoms with E-state index in [0.717, 1.165) is 67.9 Å². The highest BCUT2D eigenvalue weighted by Gasteiger charge is 2.16. The van der Waals surface area contributed by atoms with Crippen LogP contribution in [0.15, 0.2) is 73.3 Å². The van der Waals surface area contributed by atoms with Gasteiger partial charge in [0.2, 0.25) is 0 Å². The molecule has 2 aromatic carbocycles. The van der Waals surface area contributed by atoms with Gasteiger partial charge in [-0.25, -0.2) is 19.9 Å². The summed E-state index contributed by atoms with van der Waals surface area (Å²) in [6.07, 6.45) is 7.13. The first-order chi connectivity index (χ1) is 16.7. The molecule has 7 aromatic rings. The van der Waals surface area contributed by atoms with Crippen LogP contribution in [0.25, 0.3) is 67.9 Å². The molecule has 9 nitrogen and oxygen atoms in total. The Kier molecular flexibility index (Phi) is 3.86. The molecule has 9 heteroatoms. The molecule has 0 spiro atoms. The summed E-state index contributed by atoms with van der Waals surface area (Å²) in [5.74, 6) is 3.26. The molecule has 0 radical (unpaired) electrons. The average molecular weight is 445 g/mol. The average Bonchev–Trinajstić information content (AvgIpc) is 3.67. The van der Waals surface area contributed by atoms with E-state index in [0.29, 0.717) is 0 Å². The van der Waals surface area contributed by atoms with Crippen LogP contribution in [0.1, 0.15) is 0 Å². The molecule has 5 aromatic heterocycles. The number of H-pyrrole nitrogens is 4. The van der Waals surface area contributed by atoms with Gasteiger partial charge in [-0.05, 0) is 48.5 Å². The van der Waals surface area contributed by atoms with Crippen molar-refractivity contribution in [3.8, 4) is 45.8 Å². The number of nitrogens with one attached hydrogen (secondary N) is 4. The van der Waals surface area contributed by atoms with Crippen LogP contribution in [0.4, 0.5) is 0 Å². The second kappa shape index (κ2) is 7.04. The van der Waals surface area contributed by atoms with Gasteiger partial charge >= 0.3 is 0 Å². The lowest BCUT2D eigenvalue weighted by molar-refractivity contribution is 0.927. The number of rotatable bonds is 4. The highest BCUT2D eigenvalue weighted by molar-refractivity contribution is 5.85. The van der Waals surface area contributed by atoms with Crippen LogP contribution in [0.5, 0.6) is 0 Å². The third-order valence-electron chi connectivity index (χ3n) is 6.12. The number of aromatic nitrogens is 9. The molecule has 0 aliphatic heterocycles. The molecular weight excluding hydrogens is 426 g/mol. The van der Waals surface area contributed by atoms with Gasteiger partial charge in [0.05, 0.1) is 33.5 Å². The highest BCUT2D eigenvalue weighted by Crippen LogP contribution is 2.30. The Balaban J connectivity index is 1.26. The molecule has 0 bridgehead atoms. The molecule has 5 heterocycles. The first kappa shape index (κ1) is 18.6. The molecule has 0 atom stereocenters. The Morgan fingerprint density at radius 3 is 1.56 bits per heavy atom. The Morgan fingerprint density at radius 2 is 1.12 bits per heavy atom. The number of fused-ring (bicyclic) bond motifs is 2. The standard InChI is InChI=1S/C25H19N9/c1-34-20(24-30-16-4-2-14(12-18(16)32-24)22-26-8-9-27-22)6-7-21(34)25-31-17-5-3-15(13-19(17)33-25)23-28-10-11-29-23/h2-13H,1H3,(H,26,27)(H,28,29)(H,30,32)(H,31,33). The summed E-state index contributed by atoms with van der Waals surface area (Å²) in [5, 5.41) is 0. The lowest BCUT2D eigenvalue weighted by atomic mass is 10.2. The number of aromatic amines is 4. The van der Waals surface area contributed by atoms with E-state index in [2.05, 4.69) is 46.6 Å². The second-order valence-corrected chi connectivity index (χ2v) is 8.17. The van der Waals surface area contributed by atoms with Crippen molar-refractivity contribution in [3.63, 3.8) is 0 Å². The second-order valence-electron chi connectivity index (χ2n) is 8.17. The van der Waals surface area contributed by atoms with Crippen molar-refractivity contribution in [2.45, 2.75) is 0 Å². The number of hydrogen-bond acceptors (Lipinski definition) is 4. The van der Waals surface area contributed by atoms with Crippen LogP contribution in [-0.2, 0) is 7.05 Å². The maximum absolute atomic E-state index is 4.85. The Bertz CT molecular complexity index is 1630. The molecule has 164 valence electrons. The minimum absolute atomic E-state index is 0.802. The number of hydrogen-bond donors (Lipinski definition) is 4. The third-order valence-corrected chi connectivity index (χ3v) is 6.12. The summed E-state index contributed by atoms with van der Waals surface area (Å²) in [4.78, 5) is 31.5. The smallest absolute Gasteiger partial charge is 0.155 e. The zero-order valence-electron chi connectivity index (χ0n) is 18.2. The summed E-state index contributed by atoms with van der Waals surface area (Å²) in [6.45, 7) is 0. The zero-order valence-corrected chi connectivity index (χ0v) is 18.2. The fraction of sp³-hybridized carbons (Fsp3) is 0.0400. The van der Waals surface area contributed by atoms with Gasteiger partial charge in [-0.1, -0.05) is 0 Å². The monoisotopic (exact) mass is 445 g/mol. The molecule has 0 saturated heterocycles. The molecule has 0 fully saturated rings. The molecule has 0 amide bonds. The molecule has 0 aliphatic rings. The van der Waals surface area contributed by atoms with Crippen LogP contribution >= 0.6 is 0 Å². The predicted molar refractivity (Wildman–Crippen MR) is 131 cm³/mol. The first-order valence-corrected chi connectivity index (χ1v) is 10.9. The molecular formula is C25H19N9. The van der Waals surface area contributed by atoms with Gasteiger partial charge in [-0.2, -0.15) is 0 Å². The van der Waals surface area contributed by atoms with Gasteiger partial charge < -0.3 is 24.5 Å². The van der Waals surface area contributed by atoms with Crippen molar-refractivity contribution in [3.05, 3.63) is 73.3 Å². The van der Waals surface area contributed by atoms with Crippen molar-refractivity contribution in [1.82, 2.24) is 44.4 Å². The van der Waals surface area contributed by atoms with E-state index in [-0.39, 0.29) is 0 Å². The van der Waals surface area contributed by atoms with E-state index in [1.54, 1.807) is 12.4 Å². The first-order valence-electron chi connectivity index (χ1n) is 10.9. The van der Waals surface area contributed by atoms with Gasteiger partial charge in [0.1, 0.15) is 11.6 Å². The predicted octanol–water partition coefficient (Wildman–Crippen LogP) is 4.89. The molecule has 0 unspecified atom stereocenters. The largest absolute Gasteiger partial charge is 0.345 e. The fourth-order valence-electron chi connectivity index (χ4n) is 4.38. The molecule has 7 rings (SSSR count). The van der Waals surface area contributed by atoms with Gasteiger partial charge in [0.25, 0.3) is 0 Å². The lowest BCUT2D eigenvalue weighted by Gasteiger charge is -2.03. The van der Waals surface area contributed by atoms with E-state index >= 15 is 0 Å². The number of nitrogens with zero attached hydrogens (tertiary/aromatic N) is 5. The van der Waals surface area contributed by atoms with E-state index in [9.17, 15) is 0 Å². The van der Waals surface area contributed by atoms with E-state index in [1.807, 2.05) is 55.8 Å². The van der Waals surface area contributed by atoms with Crippen LogP contribution in [0.2, 0.25) is 0 Å². The lowest BCUT2D eigenvalue weighted by Crippen LogP contribution is -1.96. The van der Waals surface area contributed by atoms with Gasteiger partial charge in [-0.15, -0.1) is 0 Å². The van der Waals surface area contributed by atoms with E-state index in [1.165, 1.54) is 0 Å². The molecule has 4 N–H and O–H groups in total. The minimum Gasteiger partial charge on any atom is -0.345 e. The molecule has 0 aliphatic carbocycles. The zero-order chi connectivity index (χ0) is 22.6. The number of benzene rings is 2. The van der Waals surface area contributed by atoms with Crippen molar-refractivity contribution in [2.24, 2.45) is 7.05 Å². The van der Waals surface area contributed by atoms with Crippen molar-refractivity contribution in [1.29, 1.82) is 0 Å². The Morgan fingerprint density at radius 1 is 0.618 bits per heavy atom. The van der Waals surface area contributed by atoms with E-state index in [4.69, 9.17) is 9.97 Å². The topological polar surface area (TPSA) is 120 Å². The number of imidazole rings is 4. The van der Waals surface area contributed by atoms with Crippen molar-refractivity contribution in [2.75, 3.05) is 0 Å². The van der Waals surface area contributed by atoms with Crippen LogP contribution in [0, 0.1) is 0 Å². The van der Waals surface area contributed by atoms with Gasteiger partial charge in [-0.3, -0.25) is 0 Å². The quantitative estimate of drug-likeness (QED) is 0.308. The van der Waals surface area contributed by atoms with Gasteiger partial charge in [0.15, 0.2) is 11.6 Å². The Hall–Kier alpha value is -4.92. The maximum atomic E-state index is 4.85. The van der Waals surface area contributed by atoms with Gasteiger partial charge in [0, 0.05) is 43.0 Å².